The van der Waals surface area contributed by atoms with Crippen molar-refractivity contribution >= 4 is 23.3 Å². The van der Waals surface area contributed by atoms with E-state index in [1.165, 1.54) is 18.2 Å². The minimum absolute atomic E-state index is 0.0237. The maximum Gasteiger partial charge on any atom is 0.306 e. The van der Waals surface area contributed by atoms with E-state index in [0.717, 1.165) is 0 Å². The molecule has 0 radical (unpaired) electrons. The molecule has 1 heterocycles. The number of benzene rings is 1. The Morgan fingerprint density at radius 1 is 1.26 bits per heavy atom. The monoisotopic (exact) mass is 265 g/mol. The first-order valence-electron chi connectivity index (χ1n) is 5.48. The molecular formula is C12H11NO6. The molecule has 1 aromatic rings. The SMILES string of the molecule is O=C(O)CC(O)C(O)c1cccc2c1C(=O)C(=O)N2. The maximum absolute atomic E-state index is 11.6. The fraction of sp³-hybridized carbons (Fsp3) is 0.250. The van der Waals surface area contributed by atoms with Crippen molar-refractivity contribution in [1.82, 2.24) is 0 Å². The molecule has 2 rings (SSSR count). The molecule has 100 valence electrons. The Morgan fingerprint density at radius 2 is 1.95 bits per heavy atom. The van der Waals surface area contributed by atoms with Crippen molar-refractivity contribution in [2.24, 2.45) is 0 Å². The summed E-state index contributed by atoms with van der Waals surface area (Å²) in [5.74, 6) is -2.91. The van der Waals surface area contributed by atoms with Gasteiger partial charge in [-0.1, -0.05) is 12.1 Å². The Bertz CT molecular complexity index is 567. The molecule has 7 nitrogen and oxygen atoms in total. The summed E-state index contributed by atoms with van der Waals surface area (Å²) < 4.78 is 0. The summed E-state index contributed by atoms with van der Waals surface area (Å²) in [5, 5.41) is 30.4. The zero-order valence-corrected chi connectivity index (χ0v) is 9.66. The van der Waals surface area contributed by atoms with Gasteiger partial charge in [0.2, 0.25) is 0 Å². The normalized spacial score (nSPS) is 16.7. The van der Waals surface area contributed by atoms with Crippen molar-refractivity contribution in [3.05, 3.63) is 29.3 Å². The van der Waals surface area contributed by atoms with Gasteiger partial charge in [-0.05, 0) is 11.6 Å². The van der Waals surface area contributed by atoms with Crippen LogP contribution in [-0.4, -0.2) is 39.1 Å². The standard InChI is InChI=1S/C12H11NO6/c14-7(4-8(15)16)10(17)5-2-1-3-6-9(5)11(18)12(19)13-6/h1-3,7,10,14,17H,4H2,(H,15,16)(H,13,18,19). The van der Waals surface area contributed by atoms with Crippen molar-refractivity contribution in [1.29, 1.82) is 0 Å². The van der Waals surface area contributed by atoms with E-state index in [2.05, 4.69) is 5.32 Å². The second kappa shape index (κ2) is 4.79. The number of Topliss-reactive ketones (excluding diaryl/α,β-unsaturated/α-hetero) is 1. The van der Waals surface area contributed by atoms with Crippen LogP contribution in [0.5, 0.6) is 0 Å². The van der Waals surface area contributed by atoms with Crippen molar-refractivity contribution < 1.29 is 29.7 Å². The van der Waals surface area contributed by atoms with Gasteiger partial charge in [-0.15, -0.1) is 0 Å². The molecule has 0 fully saturated rings. The van der Waals surface area contributed by atoms with E-state index in [0.29, 0.717) is 0 Å². The van der Waals surface area contributed by atoms with Crippen LogP contribution in [0.25, 0.3) is 0 Å². The summed E-state index contributed by atoms with van der Waals surface area (Å²) in [5.41, 5.74) is 0.258. The van der Waals surface area contributed by atoms with Crippen LogP contribution >= 0.6 is 0 Å². The lowest BCUT2D eigenvalue weighted by atomic mass is 9.95. The number of carbonyl (C=O) groups is 3. The van der Waals surface area contributed by atoms with Crippen LogP contribution in [0.15, 0.2) is 18.2 Å². The second-order valence-corrected chi connectivity index (χ2v) is 4.16. The van der Waals surface area contributed by atoms with Crippen LogP contribution in [0.2, 0.25) is 0 Å². The molecular weight excluding hydrogens is 254 g/mol. The summed E-state index contributed by atoms with van der Waals surface area (Å²) in [7, 11) is 0. The number of hydrogen-bond acceptors (Lipinski definition) is 5. The highest BCUT2D eigenvalue weighted by molar-refractivity contribution is 6.52. The van der Waals surface area contributed by atoms with Gasteiger partial charge in [0.25, 0.3) is 11.7 Å². The van der Waals surface area contributed by atoms with E-state index in [1.807, 2.05) is 0 Å². The fourth-order valence-corrected chi connectivity index (χ4v) is 1.96. The molecule has 0 aliphatic carbocycles. The highest BCUT2D eigenvalue weighted by Crippen LogP contribution is 2.31. The average molecular weight is 265 g/mol. The number of aliphatic carboxylic acids is 1. The number of carboxylic acid groups (broad SMARTS) is 1. The lowest BCUT2D eigenvalue weighted by molar-refractivity contribution is -0.141. The number of hydrogen-bond donors (Lipinski definition) is 4. The van der Waals surface area contributed by atoms with Gasteiger partial charge in [-0.25, -0.2) is 0 Å². The molecule has 1 aromatic carbocycles. The summed E-state index contributed by atoms with van der Waals surface area (Å²) in [4.78, 5) is 33.4. The van der Waals surface area contributed by atoms with E-state index in [9.17, 15) is 24.6 Å². The molecule has 0 saturated carbocycles. The van der Waals surface area contributed by atoms with Crippen LogP contribution in [0.3, 0.4) is 0 Å². The van der Waals surface area contributed by atoms with Crippen LogP contribution in [0.4, 0.5) is 5.69 Å². The quantitative estimate of drug-likeness (QED) is 0.554. The van der Waals surface area contributed by atoms with Crippen LogP contribution in [0, 0.1) is 0 Å². The number of carbonyl (C=O) groups excluding carboxylic acids is 2. The molecule has 0 aromatic heterocycles. The Balaban J connectivity index is 2.37. The van der Waals surface area contributed by atoms with E-state index < -0.39 is 36.3 Å². The van der Waals surface area contributed by atoms with E-state index in [1.54, 1.807) is 0 Å². The van der Waals surface area contributed by atoms with Gasteiger partial charge in [0.15, 0.2) is 0 Å². The molecule has 0 spiro atoms. The molecule has 1 amide bonds. The fourth-order valence-electron chi connectivity index (χ4n) is 1.96. The smallest absolute Gasteiger partial charge is 0.306 e. The maximum atomic E-state index is 11.6. The van der Waals surface area contributed by atoms with Gasteiger partial charge >= 0.3 is 5.97 Å². The van der Waals surface area contributed by atoms with Crippen molar-refractivity contribution in [2.75, 3.05) is 5.32 Å². The molecule has 1 aliphatic heterocycles. The molecule has 2 atom stereocenters. The number of aliphatic hydroxyl groups is 2. The van der Waals surface area contributed by atoms with Crippen molar-refractivity contribution in [3.8, 4) is 0 Å². The molecule has 2 unspecified atom stereocenters. The Morgan fingerprint density at radius 3 is 2.58 bits per heavy atom. The third-order valence-electron chi connectivity index (χ3n) is 2.85. The molecule has 19 heavy (non-hydrogen) atoms. The lowest BCUT2D eigenvalue weighted by Gasteiger charge is -2.18. The summed E-state index contributed by atoms with van der Waals surface area (Å²) in [6, 6.07) is 4.34. The predicted molar refractivity (Wildman–Crippen MR) is 62.6 cm³/mol. The molecule has 4 N–H and O–H groups in total. The van der Waals surface area contributed by atoms with Crippen LogP contribution in [0.1, 0.15) is 28.4 Å². The third kappa shape index (κ3) is 2.33. The van der Waals surface area contributed by atoms with Gasteiger partial charge in [-0.2, -0.15) is 0 Å². The zero-order chi connectivity index (χ0) is 14.2. The first-order chi connectivity index (χ1) is 8.91. The Kier molecular flexibility index (Phi) is 3.32. The predicted octanol–water partition coefficient (Wildman–Crippen LogP) is -0.310. The number of rotatable bonds is 4. The zero-order valence-electron chi connectivity index (χ0n) is 9.66. The average Bonchev–Trinajstić information content (AvgIpc) is 2.63. The number of amides is 1. The highest BCUT2D eigenvalue weighted by atomic mass is 16.4. The molecule has 1 aliphatic rings. The molecule has 7 heteroatoms. The number of ketones is 1. The third-order valence-corrected chi connectivity index (χ3v) is 2.85. The lowest BCUT2D eigenvalue weighted by Crippen LogP contribution is -2.23. The minimum Gasteiger partial charge on any atom is -0.481 e. The first kappa shape index (κ1) is 13.2. The van der Waals surface area contributed by atoms with Gasteiger partial charge in [0.05, 0.1) is 23.8 Å². The number of aliphatic hydroxyl groups excluding tert-OH is 2. The summed E-state index contributed by atoms with van der Waals surface area (Å²) in [6.07, 6.45) is -3.78. The van der Waals surface area contributed by atoms with E-state index in [-0.39, 0.29) is 16.8 Å². The summed E-state index contributed by atoms with van der Waals surface area (Å²) >= 11 is 0. The van der Waals surface area contributed by atoms with E-state index >= 15 is 0 Å². The second-order valence-electron chi connectivity index (χ2n) is 4.16. The number of carboxylic acids is 1. The Hall–Kier alpha value is -2.25. The first-order valence-corrected chi connectivity index (χ1v) is 5.48. The number of nitrogens with one attached hydrogen (secondary N) is 1. The summed E-state index contributed by atoms with van der Waals surface area (Å²) in [6.45, 7) is 0. The van der Waals surface area contributed by atoms with Gasteiger partial charge in [0.1, 0.15) is 6.10 Å². The van der Waals surface area contributed by atoms with Crippen molar-refractivity contribution in [3.63, 3.8) is 0 Å². The van der Waals surface area contributed by atoms with Crippen LogP contribution < -0.4 is 5.32 Å². The van der Waals surface area contributed by atoms with Crippen LogP contribution in [-0.2, 0) is 9.59 Å². The van der Waals surface area contributed by atoms with Gasteiger partial charge < -0.3 is 20.6 Å². The molecule has 0 saturated heterocycles. The number of fused-ring (bicyclic) bond motifs is 1. The number of anilines is 1. The largest absolute Gasteiger partial charge is 0.481 e. The van der Waals surface area contributed by atoms with Crippen molar-refractivity contribution in [2.45, 2.75) is 18.6 Å². The minimum atomic E-state index is -1.56. The Labute approximate surface area is 107 Å². The van der Waals surface area contributed by atoms with Gasteiger partial charge in [0, 0.05) is 0 Å². The molecule has 0 bridgehead atoms. The van der Waals surface area contributed by atoms with Gasteiger partial charge in [-0.3, -0.25) is 14.4 Å². The topological polar surface area (TPSA) is 124 Å². The highest BCUT2D eigenvalue weighted by Gasteiger charge is 2.34. The van der Waals surface area contributed by atoms with E-state index in [4.69, 9.17) is 5.11 Å².